The molecule has 0 bridgehead atoms. The Bertz CT molecular complexity index is 386. The van der Waals surface area contributed by atoms with E-state index < -0.39 is 0 Å². The monoisotopic (exact) mass is 260 g/mol. The van der Waals surface area contributed by atoms with Gasteiger partial charge in [0.05, 0.1) is 0 Å². The molecule has 2 N–H and O–H groups in total. The average molecular weight is 260 g/mol. The quantitative estimate of drug-likeness (QED) is 0.895. The molecule has 1 aliphatic rings. The van der Waals surface area contributed by atoms with Crippen molar-refractivity contribution in [3.63, 3.8) is 0 Å². The first kappa shape index (κ1) is 14.4. The first-order chi connectivity index (χ1) is 9.04. The molecule has 2 atom stereocenters. The Morgan fingerprint density at radius 3 is 2.58 bits per heavy atom. The fraction of sp³-hybridized carbons (Fsp3) is 0.647. The topological polar surface area (TPSA) is 29.3 Å². The molecule has 106 valence electrons. The maximum atomic E-state index is 6.51. The van der Waals surface area contributed by atoms with Crippen LogP contribution in [-0.2, 0) is 0 Å². The van der Waals surface area contributed by atoms with Crippen molar-refractivity contribution >= 4 is 5.69 Å². The van der Waals surface area contributed by atoms with Gasteiger partial charge in [-0.3, -0.25) is 0 Å². The van der Waals surface area contributed by atoms with Crippen molar-refractivity contribution in [2.45, 2.75) is 46.1 Å². The fourth-order valence-electron chi connectivity index (χ4n) is 3.35. The molecule has 0 saturated heterocycles. The van der Waals surface area contributed by atoms with Gasteiger partial charge >= 0.3 is 0 Å². The van der Waals surface area contributed by atoms with Crippen molar-refractivity contribution in [3.8, 4) is 0 Å². The van der Waals surface area contributed by atoms with E-state index in [0.717, 1.165) is 13.1 Å². The van der Waals surface area contributed by atoms with Gasteiger partial charge in [0, 0.05) is 24.8 Å². The first-order valence-corrected chi connectivity index (χ1v) is 7.60. The van der Waals surface area contributed by atoms with Gasteiger partial charge in [-0.1, -0.05) is 38.5 Å². The lowest BCUT2D eigenvalue weighted by Crippen LogP contribution is -2.50. The van der Waals surface area contributed by atoms with Crippen molar-refractivity contribution in [2.75, 3.05) is 18.0 Å². The molecule has 2 nitrogen and oxygen atoms in total. The van der Waals surface area contributed by atoms with Crippen molar-refractivity contribution in [2.24, 2.45) is 17.1 Å². The van der Waals surface area contributed by atoms with Crippen molar-refractivity contribution < 1.29 is 0 Å². The van der Waals surface area contributed by atoms with Crippen LogP contribution >= 0.6 is 0 Å². The van der Waals surface area contributed by atoms with E-state index in [4.69, 9.17) is 5.73 Å². The number of nitrogens with two attached hydrogens (primary N) is 1. The lowest BCUT2D eigenvalue weighted by molar-refractivity contribution is 0.142. The van der Waals surface area contributed by atoms with E-state index in [1.165, 1.54) is 24.9 Å². The van der Waals surface area contributed by atoms with Crippen LogP contribution in [0.25, 0.3) is 0 Å². The molecule has 1 fully saturated rings. The summed E-state index contributed by atoms with van der Waals surface area (Å²) in [5.41, 5.74) is 8.12. The van der Waals surface area contributed by atoms with Gasteiger partial charge in [-0.2, -0.15) is 0 Å². The minimum absolute atomic E-state index is 0.291. The van der Waals surface area contributed by atoms with Crippen molar-refractivity contribution in [1.29, 1.82) is 0 Å². The minimum atomic E-state index is 0.291. The number of para-hydroxylation sites is 1. The Labute approximate surface area is 118 Å². The molecule has 0 amide bonds. The minimum Gasteiger partial charge on any atom is -0.371 e. The number of nitrogens with zero attached hydrogens (tertiary/aromatic N) is 1. The van der Waals surface area contributed by atoms with E-state index in [1.807, 2.05) is 0 Å². The van der Waals surface area contributed by atoms with E-state index in [-0.39, 0.29) is 0 Å². The Kier molecular flexibility index (Phi) is 4.51. The summed E-state index contributed by atoms with van der Waals surface area (Å²) < 4.78 is 0. The highest BCUT2D eigenvalue weighted by atomic mass is 15.1. The number of hydrogen-bond donors (Lipinski definition) is 1. The summed E-state index contributed by atoms with van der Waals surface area (Å²) >= 11 is 0. The predicted octanol–water partition coefficient (Wildman–Crippen LogP) is 3.67. The average Bonchev–Trinajstić information content (AvgIpc) is 2.41. The van der Waals surface area contributed by atoms with E-state index in [9.17, 15) is 0 Å². The largest absolute Gasteiger partial charge is 0.371 e. The van der Waals surface area contributed by atoms with Crippen molar-refractivity contribution in [3.05, 3.63) is 30.3 Å². The van der Waals surface area contributed by atoms with Crippen LogP contribution in [0.4, 0.5) is 5.69 Å². The van der Waals surface area contributed by atoms with Gasteiger partial charge in [-0.05, 0) is 43.2 Å². The van der Waals surface area contributed by atoms with Crippen molar-refractivity contribution in [1.82, 2.24) is 0 Å². The molecular formula is C17H28N2. The molecule has 1 saturated carbocycles. The molecule has 2 unspecified atom stereocenters. The summed E-state index contributed by atoms with van der Waals surface area (Å²) in [5, 5.41) is 0. The van der Waals surface area contributed by atoms with Crippen LogP contribution in [0.3, 0.4) is 0 Å². The zero-order chi connectivity index (χ0) is 13.9. The zero-order valence-corrected chi connectivity index (χ0v) is 12.6. The second kappa shape index (κ2) is 5.96. The molecule has 1 aromatic carbocycles. The summed E-state index contributed by atoms with van der Waals surface area (Å²) in [6.07, 6.45) is 3.85. The molecule has 0 aromatic heterocycles. The zero-order valence-electron chi connectivity index (χ0n) is 12.6. The van der Waals surface area contributed by atoms with Crippen LogP contribution < -0.4 is 10.6 Å². The van der Waals surface area contributed by atoms with Crippen LogP contribution in [0.1, 0.15) is 40.0 Å². The molecule has 0 spiro atoms. The number of rotatable bonds is 4. The molecular weight excluding hydrogens is 232 g/mol. The summed E-state index contributed by atoms with van der Waals surface area (Å²) in [6.45, 7) is 9.01. The van der Waals surface area contributed by atoms with Gasteiger partial charge in [0.15, 0.2) is 0 Å². The second-order valence-electron chi connectivity index (χ2n) is 6.54. The molecule has 1 aliphatic carbocycles. The summed E-state index contributed by atoms with van der Waals surface area (Å²) in [4.78, 5) is 2.46. The molecule has 0 heterocycles. The van der Waals surface area contributed by atoms with E-state index in [0.29, 0.717) is 17.4 Å². The van der Waals surface area contributed by atoms with Crippen LogP contribution in [0.2, 0.25) is 0 Å². The highest BCUT2D eigenvalue weighted by Gasteiger charge is 2.36. The third-order valence-corrected chi connectivity index (χ3v) is 4.76. The van der Waals surface area contributed by atoms with Gasteiger partial charge in [-0.15, -0.1) is 0 Å². The predicted molar refractivity (Wildman–Crippen MR) is 83.4 cm³/mol. The molecule has 0 radical (unpaired) electrons. The number of hydrogen-bond acceptors (Lipinski definition) is 2. The second-order valence-corrected chi connectivity index (χ2v) is 6.54. The SMILES string of the molecule is CCN(CC1CCCC(C)(C)C1N)c1ccccc1. The van der Waals surface area contributed by atoms with Crippen LogP contribution in [0.5, 0.6) is 0 Å². The maximum Gasteiger partial charge on any atom is 0.0366 e. The van der Waals surface area contributed by atoms with E-state index in [2.05, 4.69) is 56.0 Å². The van der Waals surface area contributed by atoms with Crippen LogP contribution in [-0.4, -0.2) is 19.1 Å². The molecule has 2 heteroatoms. The lowest BCUT2D eigenvalue weighted by atomic mass is 9.68. The lowest BCUT2D eigenvalue weighted by Gasteiger charge is -2.43. The first-order valence-electron chi connectivity index (χ1n) is 7.60. The van der Waals surface area contributed by atoms with E-state index >= 15 is 0 Å². The van der Waals surface area contributed by atoms with Gasteiger partial charge in [0.25, 0.3) is 0 Å². The van der Waals surface area contributed by atoms with Gasteiger partial charge in [0.1, 0.15) is 0 Å². The Hall–Kier alpha value is -1.02. The van der Waals surface area contributed by atoms with Crippen LogP contribution in [0.15, 0.2) is 30.3 Å². The normalized spacial score (nSPS) is 26.1. The third kappa shape index (κ3) is 3.30. The van der Waals surface area contributed by atoms with E-state index in [1.54, 1.807) is 0 Å². The smallest absolute Gasteiger partial charge is 0.0366 e. The Morgan fingerprint density at radius 1 is 1.26 bits per heavy atom. The van der Waals surface area contributed by atoms with Gasteiger partial charge in [-0.25, -0.2) is 0 Å². The maximum absolute atomic E-state index is 6.51. The van der Waals surface area contributed by atoms with Crippen LogP contribution in [0, 0.1) is 11.3 Å². The molecule has 1 aromatic rings. The fourth-order valence-corrected chi connectivity index (χ4v) is 3.35. The highest BCUT2D eigenvalue weighted by Crippen LogP contribution is 2.38. The molecule has 0 aliphatic heterocycles. The summed E-state index contributed by atoms with van der Waals surface area (Å²) in [5.74, 6) is 0.615. The number of benzene rings is 1. The van der Waals surface area contributed by atoms with Gasteiger partial charge < -0.3 is 10.6 Å². The Morgan fingerprint density at radius 2 is 1.95 bits per heavy atom. The molecule has 19 heavy (non-hydrogen) atoms. The third-order valence-electron chi connectivity index (χ3n) is 4.76. The summed E-state index contributed by atoms with van der Waals surface area (Å²) in [6, 6.07) is 11.0. The molecule has 2 rings (SSSR count). The summed E-state index contributed by atoms with van der Waals surface area (Å²) in [7, 11) is 0. The Balaban J connectivity index is 2.06. The number of anilines is 1. The highest BCUT2D eigenvalue weighted by molar-refractivity contribution is 5.45. The van der Waals surface area contributed by atoms with Gasteiger partial charge in [0.2, 0.25) is 0 Å². The standard InChI is InChI=1S/C17H28N2/c1-4-19(15-10-6-5-7-11-15)13-14-9-8-12-17(2,3)16(14)18/h5-7,10-11,14,16H,4,8-9,12-13,18H2,1-3H3.